The molecule has 13 heavy (non-hydrogen) atoms. The Hall–Kier alpha value is -0.570. The van der Waals surface area contributed by atoms with Gasteiger partial charge in [0.15, 0.2) is 0 Å². The van der Waals surface area contributed by atoms with E-state index in [0.717, 1.165) is 31.8 Å². The van der Waals surface area contributed by atoms with Crippen LogP contribution < -0.4 is 5.32 Å². The van der Waals surface area contributed by atoms with E-state index in [1.165, 1.54) is 12.8 Å². The number of amides is 1. The molecule has 1 amide bonds. The van der Waals surface area contributed by atoms with Crippen LogP contribution >= 0.6 is 0 Å². The molecule has 0 aromatic heterocycles. The molecule has 1 N–H and O–H groups in total. The molecule has 0 aromatic carbocycles. The molecule has 0 aromatic rings. The third-order valence-corrected chi connectivity index (χ3v) is 2.72. The fraction of sp³-hybridized carbons (Fsp3) is 0.900. The number of carbonyl (C=O) groups is 1. The summed E-state index contributed by atoms with van der Waals surface area (Å²) in [5.74, 6) is 1.03. The summed E-state index contributed by atoms with van der Waals surface area (Å²) in [5, 5.41) is 3.33. The first kappa shape index (κ1) is 10.5. The second kappa shape index (κ2) is 5.22. The number of hydrogen-bond acceptors (Lipinski definition) is 2. The Morgan fingerprint density at radius 1 is 1.38 bits per heavy atom. The largest absolute Gasteiger partial charge is 0.349 e. The lowest BCUT2D eigenvalue weighted by atomic mass is 9.93. The van der Waals surface area contributed by atoms with E-state index >= 15 is 0 Å². The fourth-order valence-electron chi connectivity index (χ4n) is 1.72. The molecule has 0 unspecified atom stereocenters. The summed E-state index contributed by atoms with van der Waals surface area (Å²) < 4.78 is 0. The van der Waals surface area contributed by atoms with Crippen molar-refractivity contribution in [3.63, 3.8) is 0 Å². The number of carbonyl (C=O) groups excluding carboxylic acids is 1. The van der Waals surface area contributed by atoms with Crippen molar-refractivity contribution in [1.82, 2.24) is 10.2 Å². The van der Waals surface area contributed by atoms with Gasteiger partial charge < -0.3 is 10.2 Å². The van der Waals surface area contributed by atoms with Gasteiger partial charge in [-0.25, -0.2) is 0 Å². The zero-order chi connectivity index (χ0) is 9.68. The summed E-state index contributed by atoms with van der Waals surface area (Å²) >= 11 is 0. The van der Waals surface area contributed by atoms with Crippen LogP contribution in [-0.2, 0) is 4.79 Å². The smallest absolute Gasteiger partial charge is 0.222 e. The van der Waals surface area contributed by atoms with Gasteiger partial charge in [0.1, 0.15) is 0 Å². The molecule has 0 spiro atoms. The molecule has 0 aliphatic carbocycles. The number of hydrogen-bond donors (Lipinski definition) is 1. The highest BCUT2D eigenvalue weighted by molar-refractivity contribution is 5.75. The first-order chi connectivity index (χ1) is 6.20. The summed E-state index contributed by atoms with van der Waals surface area (Å²) in [5.41, 5.74) is 0. The number of piperidine rings is 1. The average Bonchev–Trinajstić information content (AvgIpc) is 2.15. The van der Waals surface area contributed by atoms with Crippen LogP contribution in [0.4, 0.5) is 0 Å². The van der Waals surface area contributed by atoms with Crippen LogP contribution in [0.3, 0.4) is 0 Å². The van der Waals surface area contributed by atoms with Crippen molar-refractivity contribution in [2.45, 2.75) is 25.7 Å². The van der Waals surface area contributed by atoms with Gasteiger partial charge in [-0.05, 0) is 38.3 Å². The highest BCUT2D eigenvalue weighted by Crippen LogP contribution is 2.17. The minimum absolute atomic E-state index is 0.263. The standard InChI is InChI=1S/C10H20N2O/c1-12(2)10(13)4-3-9-5-7-11-8-6-9/h9,11H,3-8H2,1-2H3. The summed E-state index contributed by atoms with van der Waals surface area (Å²) in [6.07, 6.45) is 4.26. The van der Waals surface area contributed by atoms with Crippen molar-refractivity contribution >= 4 is 5.91 Å². The Morgan fingerprint density at radius 2 is 2.00 bits per heavy atom. The molecule has 3 nitrogen and oxygen atoms in total. The van der Waals surface area contributed by atoms with Gasteiger partial charge >= 0.3 is 0 Å². The van der Waals surface area contributed by atoms with Gasteiger partial charge in [0.25, 0.3) is 0 Å². The second-order valence-electron chi connectivity index (χ2n) is 4.02. The Morgan fingerprint density at radius 3 is 2.54 bits per heavy atom. The summed E-state index contributed by atoms with van der Waals surface area (Å²) in [7, 11) is 3.65. The van der Waals surface area contributed by atoms with Crippen molar-refractivity contribution < 1.29 is 4.79 Å². The molecule has 1 heterocycles. The summed E-state index contributed by atoms with van der Waals surface area (Å²) in [6, 6.07) is 0. The van der Waals surface area contributed by atoms with E-state index in [0.29, 0.717) is 0 Å². The SMILES string of the molecule is CN(C)C(=O)CCC1CCNCC1. The zero-order valence-corrected chi connectivity index (χ0v) is 8.68. The maximum Gasteiger partial charge on any atom is 0.222 e. The lowest BCUT2D eigenvalue weighted by molar-refractivity contribution is -0.129. The second-order valence-corrected chi connectivity index (χ2v) is 4.02. The molecular weight excluding hydrogens is 164 g/mol. The van der Waals surface area contributed by atoms with E-state index in [-0.39, 0.29) is 5.91 Å². The molecule has 76 valence electrons. The summed E-state index contributed by atoms with van der Waals surface area (Å²) in [4.78, 5) is 13.0. The predicted molar refractivity (Wildman–Crippen MR) is 53.5 cm³/mol. The van der Waals surface area contributed by atoms with Crippen LogP contribution in [0, 0.1) is 5.92 Å². The Balaban J connectivity index is 2.13. The first-order valence-electron chi connectivity index (χ1n) is 5.11. The molecule has 1 aliphatic heterocycles. The highest BCUT2D eigenvalue weighted by atomic mass is 16.2. The molecule has 1 saturated heterocycles. The number of nitrogens with zero attached hydrogens (tertiary/aromatic N) is 1. The molecule has 0 radical (unpaired) electrons. The van der Waals surface area contributed by atoms with E-state index in [2.05, 4.69) is 5.32 Å². The van der Waals surface area contributed by atoms with Gasteiger partial charge in [0, 0.05) is 20.5 Å². The zero-order valence-electron chi connectivity index (χ0n) is 8.68. The van der Waals surface area contributed by atoms with Crippen LogP contribution in [-0.4, -0.2) is 38.0 Å². The van der Waals surface area contributed by atoms with Gasteiger partial charge in [0.05, 0.1) is 0 Å². The van der Waals surface area contributed by atoms with Crippen LogP contribution in [0.1, 0.15) is 25.7 Å². The monoisotopic (exact) mass is 184 g/mol. The average molecular weight is 184 g/mol. The van der Waals surface area contributed by atoms with E-state index < -0.39 is 0 Å². The predicted octanol–water partition coefficient (Wildman–Crippen LogP) is 0.854. The number of rotatable bonds is 3. The number of nitrogens with one attached hydrogen (secondary N) is 1. The van der Waals surface area contributed by atoms with E-state index in [9.17, 15) is 4.79 Å². The summed E-state index contributed by atoms with van der Waals surface area (Å²) in [6.45, 7) is 2.25. The Bertz CT molecular complexity index is 162. The van der Waals surface area contributed by atoms with Gasteiger partial charge in [-0.3, -0.25) is 4.79 Å². The van der Waals surface area contributed by atoms with Crippen molar-refractivity contribution in [2.75, 3.05) is 27.2 Å². The van der Waals surface area contributed by atoms with E-state index in [1.54, 1.807) is 4.90 Å². The van der Waals surface area contributed by atoms with Crippen LogP contribution in [0.5, 0.6) is 0 Å². The molecular formula is C10H20N2O. The van der Waals surface area contributed by atoms with Crippen molar-refractivity contribution in [3.8, 4) is 0 Å². The van der Waals surface area contributed by atoms with Gasteiger partial charge in [-0.2, -0.15) is 0 Å². The Kier molecular flexibility index (Phi) is 4.22. The van der Waals surface area contributed by atoms with Crippen molar-refractivity contribution in [2.24, 2.45) is 5.92 Å². The Labute approximate surface area is 80.5 Å². The third-order valence-electron chi connectivity index (χ3n) is 2.72. The van der Waals surface area contributed by atoms with E-state index in [4.69, 9.17) is 0 Å². The topological polar surface area (TPSA) is 32.3 Å². The lowest BCUT2D eigenvalue weighted by Crippen LogP contribution is -2.29. The molecule has 3 heteroatoms. The normalized spacial score (nSPS) is 18.6. The van der Waals surface area contributed by atoms with E-state index in [1.807, 2.05) is 14.1 Å². The van der Waals surface area contributed by atoms with Gasteiger partial charge in [-0.15, -0.1) is 0 Å². The minimum Gasteiger partial charge on any atom is -0.349 e. The molecule has 1 aliphatic rings. The lowest BCUT2D eigenvalue weighted by Gasteiger charge is -2.22. The molecule has 0 atom stereocenters. The fourth-order valence-corrected chi connectivity index (χ4v) is 1.72. The minimum atomic E-state index is 0.263. The van der Waals surface area contributed by atoms with Gasteiger partial charge in [0.2, 0.25) is 5.91 Å². The third kappa shape index (κ3) is 3.77. The van der Waals surface area contributed by atoms with Crippen molar-refractivity contribution in [3.05, 3.63) is 0 Å². The van der Waals surface area contributed by atoms with Crippen LogP contribution in [0.25, 0.3) is 0 Å². The highest BCUT2D eigenvalue weighted by Gasteiger charge is 2.14. The van der Waals surface area contributed by atoms with Crippen LogP contribution in [0.2, 0.25) is 0 Å². The van der Waals surface area contributed by atoms with Crippen molar-refractivity contribution in [1.29, 1.82) is 0 Å². The molecule has 0 bridgehead atoms. The molecule has 0 saturated carbocycles. The maximum absolute atomic E-state index is 11.3. The van der Waals surface area contributed by atoms with Gasteiger partial charge in [-0.1, -0.05) is 0 Å². The quantitative estimate of drug-likeness (QED) is 0.705. The molecule has 1 rings (SSSR count). The van der Waals surface area contributed by atoms with Crippen LogP contribution in [0.15, 0.2) is 0 Å². The molecule has 1 fully saturated rings. The maximum atomic E-state index is 11.3. The first-order valence-corrected chi connectivity index (χ1v) is 5.11.